The predicted molar refractivity (Wildman–Crippen MR) is 76.3 cm³/mol. The second-order valence-electron chi connectivity index (χ2n) is 4.90. The number of nitrogens with one attached hydrogen (secondary N) is 1. The molecule has 0 radical (unpaired) electrons. The highest BCUT2D eigenvalue weighted by Gasteiger charge is 2.19. The summed E-state index contributed by atoms with van der Waals surface area (Å²) in [5.74, 6) is -0.460. The molecule has 2 rings (SSSR count). The predicted octanol–water partition coefficient (Wildman–Crippen LogP) is 1.19. The van der Waals surface area contributed by atoms with Gasteiger partial charge in [-0.25, -0.2) is 0 Å². The Morgan fingerprint density at radius 1 is 1.38 bits per heavy atom. The normalized spacial score (nSPS) is 12.1. The van der Waals surface area contributed by atoms with E-state index < -0.39 is 5.97 Å². The van der Waals surface area contributed by atoms with Crippen molar-refractivity contribution in [1.29, 1.82) is 0 Å². The summed E-state index contributed by atoms with van der Waals surface area (Å²) in [6.07, 6.45) is 5.59. The molecule has 0 saturated heterocycles. The number of carbonyl (C=O) groups excluding carboxylic acids is 1. The lowest BCUT2D eigenvalue weighted by Gasteiger charge is -2.13. The number of aliphatic carboxylic acids is 1. The van der Waals surface area contributed by atoms with Crippen molar-refractivity contribution in [1.82, 2.24) is 19.7 Å². The molecule has 2 heterocycles. The summed E-state index contributed by atoms with van der Waals surface area (Å²) in [7, 11) is 1.76. The van der Waals surface area contributed by atoms with Crippen molar-refractivity contribution in [2.24, 2.45) is 7.05 Å². The van der Waals surface area contributed by atoms with Crippen molar-refractivity contribution in [3.05, 3.63) is 36.3 Å². The average Bonchev–Trinajstić information content (AvgIpc) is 3.04. The molecule has 0 aliphatic rings. The molecule has 2 N–H and O–H groups in total. The first-order chi connectivity index (χ1) is 9.99. The Bertz CT molecular complexity index is 631. The number of carboxylic acid groups (broad SMARTS) is 1. The molecule has 2 aromatic rings. The lowest BCUT2D eigenvalue weighted by atomic mass is 10.1. The molecule has 0 bridgehead atoms. The third-order valence-electron chi connectivity index (χ3n) is 3.17. The first kappa shape index (κ1) is 14.8. The third-order valence-corrected chi connectivity index (χ3v) is 3.17. The number of nitrogens with zero attached hydrogens (tertiary/aromatic N) is 3. The van der Waals surface area contributed by atoms with E-state index in [1.54, 1.807) is 18.7 Å². The zero-order valence-corrected chi connectivity index (χ0v) is 12.0. The van der Waals surface area contributed by atoms with Gasteiger partial charge >= 0.3 is 5.97 Å². The van der Waals surface area contributed by atoms with Crippen molar-refractivity contribution in [2.45, 2.75) is 25.8 Å². The summed E-state index contributed by atoms with van der Waals surface area (Å²) < 4.78 is 3.43. The van der Waals surface area contributed by atoms with Crippen LogP contribution in [0.15, 0.2) is 30.7 Å². The number of amides is 1. The van der Waals surface area contributed by atoms with Crippen LogP contribution in [-0.2, 0) is 11.8 Å². The summed E-state index contributed by atoms with van der Waals surface area (Å²) in [6, 6.07) is 3.51. The molecule has 21 heavy (non-hydrogen) atoms. The lowest BCUT2D eigenvalue weighted by Crippen LogP contribution is -2.33. The molecule has 0 spiro atoms. The number of rotatable bonds is 6. The molecule has 0 fully saturated rings. The largest absolute Gasteiger partial charge is 0.481 e. The van der Waals surface area contributed by atoms with Crippen molar-refractivity contribution in [2.75, 3.05) is 0 Å². The van der Waals surface area contributed by atoms with Gasteiger partial charge in [0.25, 0.3) is 5.91 Å². The van der Waals surface area contributed by atoms with E-state index in [4.69, 9.17) is 5.11 Å². The van der Waals surface area contributed by atoms with Gasteiger partial charge < -0.3 is 15.0 Å². The van der Waals surface area contributed by atoms with Crippen molar-refractivity contribution in [3.63, 3.8) is 0 Å². The van der Waals surface area contributed by atoms with Crippen LogP contribution in [-0.4, -0.2) is 37.4 Å². The van der Waals surface area contributed by atoms with Gasteiger partial charge in [-0.1, -0.05) is 0 Å². The third kappa shape index (κ3) is 3.50. The van der Waals surface area contributed by atoms with Crippen LogP contribution in [0.3, 0.4) is 0 Å². The number of hydrogen-bond donors (Lipinski definition) is 2. The van der Waals surface area contributed by atoms with E-state index in [1.165, 1.54) is 6.20 Å². The minimum Gasteiger partial charge on any atom is -0.481 e. The summed E-state index contributed by atoms with van der Waals surface area (Å²) >= 11 is 0. The fourth-order valence-corrected chi connectivity index (χ4v) is 2.09. The maximum atomic E-state index is 12.3. The molecule has 1 amide bonds. The van der Waals surface area contributed by atoms with Gasteiger partial charge in [0.15, 0.2) is 0 Å². The number of aromatic nitrogens is 3. The van der Waals surface area contributed by atoms with Crippen LogP contribution < -0.4 is 5.32 Å². The van der Waals surface area contributed by atoms with Gasteiger partial charge in [0.05, 0.1) is 6.20 Å². The van der Waals surface area contributed by atoms with Crippen LogP contribution in [0.1, 0.15) is 30.1 Å². The Morgan fingerprint density at radius 3 is 2.67 bits per heavy atom. The SMILES string of the molecule is CC(CCC(=O)O)NC(=O)c1cnn(C)c1-n1cccc1. The first-order valence-electron chi connectivity index (χ1n) is 6.67. The summed E-state index contributed by atoms with van der Waals surface area (Å²) in [4.78, 5) is 22.8. The fraction of sp³-hybridized carbons (Fsp3) is 0.357. The van der Waals surface area contributed by atoms with Crippen LogP contribution in [0, 0.1) is 0 Å². The Morgan fingerprint density at radius 2 is 2.05 bits per heavy atom. The first-order valence-corrected chi connectivity index (χ1v) is 6.67. The molecular formula is C14H18N4O3. The van der Waals surface area contributed by atoms with Crippen LogP contribution in [0.25, 0.3) is 5.82 Å². The van der Waals surface area contributed by atoms with Gasteiger partial charge in [0.2, 0.25) is 0 Å². The Balaban J connectivity index is 2.12. The van der Waals surface area contributed by atoms with E-state index in [2.05, 4.69) is 10.4 Å². The molecule has 1 unspecified atom stereocenters. The van der Waals surface area contributed by atoms with Crippen molar-refractivity contribution < 1.29 is 14.7 Å². The second kappa shape index (κ2) is 6.25. The zero-order valence-electron chi connectivity index (χ0n) is 12.0. The summed E-state index contributed by atoms with van der Waals surface area (Å²) in [5.41, 5.74) is 0.455. The molecule has 112 valence electrons. The molecular weight excluding hydrogens is 272 g/mol. The van der Waals surface area contributed by atoms with Crippen molar-refractivity contribution in [3.8, 4) is 5.82 Å². The topological polar surface area (TPSA) is 89.2 Å². The van der Waals surface area contributed by atoms with Gasteiger partial charge in [-0.15, -0.1) is 0 Å². The van der Waals surface area contributed by atoms with Crippen LogP contribution >= 0.6 is 0 Å². The van der Waals surface area contributed by atoms with E-state index in [0.717, 1.165) is 0 Å². The maximum Gasteiger partial charge on any atom is 0.303 e. The van der Waals surface area contributed by atoms with E-state index in [0.29, 0.717) is 17.8 Å². The molecule has 2 aromatic heterocycles. The zero-order chi connectivity index (χ0) is 15.4. The molecule has 0 aliphatic heterocycles. The van der Waals surface area contributed by atoms with Crippen LogP contribution in [0.5, 0.6) is 0 Å². The minimum atomic E-state index is -0.870. The standard InChI is InChI=1S/C14H18N4O3/c1-10(5-6-12(19)20)16-13(21)11-9-15-17(2)14(11)18-7-3-4-8-18/h3-4,7-10H,5-6H2,1-2H3,(H,16,21)(H,19,20). The molecule has 7 nitrogen and oxygen atoms in total. The Labute approximate surface area is 122 Å². The highest BCUT2D eigenvalue weighted by Crippen LogP contribution is 2.14. The van der Waals surface area contributed by atoms with Crippen molar-refractivity contribution >= 4 is 11.9 Å². The molecule has 0 aliphatic carbocycles. The van der Waals surface area contributed by atoms with Gasteiger partial charge in [0, 0.05) is 31.9 Å². The molecule has 7 heteroatoms. The molecule has 1 atom stereocenters. The number of hydrogen-bond acceptors (Lipinski definition) is 3. The molecule has 0 saturated carbocycles. The Hall–Kier alpha value is -2.57. The van der Waals surface area contributed by atoms with Gasteiger partial charge in [-0.05, 0) is 25.5 Å². The minimum absolute atomic E-state index is 0.0267. The summed E-state index contributed by atoms with van der Waals surface area (Å²) in [5, 5.41) is 15.6. The van der Waals surface area contributed by atoms with Crippen LogP contribution in [0.4, 0.5) is 0 Å². The van der Waals surface area contributed by atoms with Crippen LogP contribution in [0.2, 0.25) is 0 Å². The monoisotopic (exact) mass is 290 g/mol. The highest BCUT2D eigenvalue weighted by molar-refractivity contribution is 5.97. The number of aryl methyl sites for hydroxylation is 1. The highest BCUT2D eigenvalue weighted by atomic mass is 16.4. The van der Waals surface area contributed by atoms with E-state index in [1.807, 2.05) is 29.1 Å². The number of carboxylic acids is 1. The van der Waals surface area contributed by atoms with E-state index >= 15 is 0 Å². The van der Waals surface area contributed by atoms with E-state index in [-0.39, 0.29) is 18.4 Å². The summed E-state index contributed by atoms with van der Waals surface area (Å²) in [6.45, 7) is 1.78. The fourth-order valence-electron chi connectivity index (χ4n) is 2.09. The Kier molecular flexibility index (Phi) is 4.42. The van der Waals surface area contributed by atoms with Gasteiger partial charge in [0.1, 0.15) is 11.4 Å². The molecule has 0 aromatic carbocycles. The maximum absolute atomic E-state index is 12.3. The van der Waals surface area contributed by atoms with Gasteiger partial charge in [-0.2, -0.15) is 5.10 Å². The van der Waals surface area contributed by atoms with E-state index in [9.17, 15) is 9.59 Å². The quantitative estimate of drug-likeness (QED) is 0.836. The average molecular weight is 290 g/mol. The second-order valence-corrected chi connectivity index (χ2v) is 4.90. The smallest absolute Gasteiger partial charge is 0.303 e. The lowest BCUT2D eigenvalue weighted by molar-refractivity contribution is -0.137. The number of carbonyl (C=O) groups is 2. The van der Waals surface area contributed by atoms with Gasteiger partial charge in [-0.3, -0.25) is 14.3 Å².